The molecule has 2 aromatic rings. The van der Waals surface area contributed by atoms with Crippen molar-refractivity contribution < 1.29 is 9.90 Å². The van der Waals surface area contributed by atoms with Crippen molar-refractivity contribution in [2.45, 2.75) is 32.3 Å². The van der Waals surface area contributed by atoms with Crippen LogP contribution in [-0.4, -0.2) is 17.7 Å². The lowest BCUT2D eigenvalue weighted by molar-refractivity contribution is 0.0200. The van der Waals surface area contributed by atoms with E-state index in [1.807, 2.05) is 49.6 Å². The fourth-order valence-corrected chi connectivity index (χ4v) is 3.63. The molecule has 1 fully saturated rings. The van der Waals surface area contributed by atoms with Crippen LogP contribution in [0.2, 0.25) is 0 Å². The van der Waals surface area contributed by atoms with Gasteiger partial charge in [0.1, 0.15) is 5.60 Å². The van der Waals surface area contributed by atoms with E-state index >= 15 is 0 Å². The molecule has 0 bridgehead atoms. The quantitative estimate of drug-likeness (QED) is 0.781. The van der Waals surface area contributed by atoms with E-state index < -0.39 is 5.60 Å². The number of aryl methyl sites for hydroxylation is 2. The molecule has 0 spiro atoms. The normalized spacial score (nSPS) is 16.7. The van der Waals surface area contributed by atoms with E-state index in [1.165, 1.54) is 16.9 Å². The van der Waals surface area contributed by atoms with Crippen LogP contribution in [0.5, 0.6) is 0 Å². The molecule has 0 aliphatic heterocycles. The average molecular weight is 330 g/mol. The number of carbonyl (C=O) groups excluding carboxylic acids is 1. The Morgan fingerprint density at radius 1 is 1.30 bits per heavy atom. The van der Waals surface area contributed by atoms with Gasteiger partial charge in [-0.2, -0.15) is 0 Å². The smallest absolute Gasteiger partial charge is 0.319 e. The molecule has 23 heavy (non-hydrogen) atoms. The molecule has 1 heterocycles. The second-order valence-corrected chi connectivity index (χ2v) is 7.23. The highest BCUT2D eigenvalue weighted by atomic mass is 32.1. The van der Waals surface area contributed by atoms with Gasteiger partial charge in [-0.05, 0) is 67.3 Å². The molecule has 1 aliphatic rings. The number of amides is 2. The molecule has 2 amide bonds. The molecule has 122 valence electrons. The van der Waals surface area contributed by atoms with Gasteiger partial charge in [-0.1, -0.05) is 12.1 Å². The number of aliphatic hydroxyl groups is 1. The van der Waals surface area contributed by atoms with Gasteiger partial charge in [-0.3, -0.25) is 0 Å². The molecule has 1 aromatic heterocycles. The van der Waals surface area contributed by atoms with Crippen molar-refractivity contribution in [3.05, 3.63) is 51.7 Å². The highest BCUT2D eigenvalue weighted by molar-refractivity contribution is 7.10. The fraction of sp³-hybridized carbons (Fsp3) is 0.389. The van der Waals surface area contributed by atoms with Gasteiger partial charge in [0.15, 0.2) is 0 Å². The monoisotopic (exact) mass is 330 g/mol. The summed E-state index contributed by atoms with van der Waals surface area (Å²) in [7, 11) is 0. The Kier molecular flexibility index (Phi) is 4.41. The zero-order valence-electron chi connectivity index (χ0n) is 13.4. The largest absolute Gasteiger partial charge is 0.382 e. The predicted molar refractivity (Wildman–Crippen MR) is 93.9 cm³/mol. The van der Waals surface area contributed by atoms with Crippen LogP contribution < -0.4 is 10.6 Å². The zero-order valence-corrected chi connectivity index (χ0v) is 14.2. The van der Waals surface area contributed by atoms with Crippen LogP contribution in [0.1, 0.15) is 28.8 Å². The Hall–Kier alpha value is -1.85. The predicted octanol–water partition coefficient (Wildman–Crippen LogP) is 3.78. The molecule has 1 unspecified atom stereocenters. The van der Waals surface area contributed by atoms with Crippen LogP contribution in [0, 0.1) is 19.8 Å². The summed E-state index contributed by atoms with van der Waals surface area (Å²) in [6.45, 7) is 4.28. The van der Waals surface area contributed by atoms with Gasteiger partial charge >= 0.3 is 6.03 Å². The van der Waals surface area contributed by atoms with Crippen molar-refractivity contribution in [3.63, 3.8) is 0 Å². The standard InChI is InChI=1S/C18H22N2O2S/c1-12-5-8-15(10-13(12)2)20-17(21)19-11-18(22,14-6-7-14)16-4-3-9-23-16/h3-5,8-10,14,22H,6-7,11H2,1-2H3,(H2,19,20,21). The fourth-order valence-electron chi connectivity index (χ4n) is 2.73. The van der Waals surface area contributed by atoms with Gasteiger partial charge in [-0.15, -0.1) is 11.3 Å². The Labute approximate surface area is 140 Å². The number of nitrogens with one attached hydrogen (secondary N) is 2. The van der Waals surface area contributed by atoms with E-state index in [0.717, 1.165) is 29.0 Å². The van der Waals surface area contributed by atoms with E-state index in [1.54, 1.807) is 0 Å². The summed E-state index contributed by atoms with van der Waals surface area (Å²) >= 11 is 1.54. The molecule has 1 aromatic carbocycles. The number of urea groups is 1. The van der Waals surface area contributed by atoms with E-state index in [0.29, 0.717) is 0 Å². The molecule has 3 N–H and O–H groups in total. The number of hydrogen-bond donors (Lipinski definition) is 3. The van der Waals surface area contributed by atoms with Crippen molar-refractivity contribution in [3.8, 4) is 0 Å². The maximum Gasteiger partial charge on any atom is 0.319 e. The topological polar surface area (TPSA) is 61.4 Å². The van der Waals surface area contributed by atoms with Crippen molar-refractivity contribution in [2.24, 2.45) is 5.92 Å². The molecular formula is C18H22N2O2S. The summed E-state index contributed by atoms with van der Waals surface area (Å²) in [5, 5.41) is 18.6. The van der Waals surface area contributed by atoms with E-state index in [-0.39, 0.29) is 18.5 Å². The van der Waals surface area contributed by atoms with E-state index in [4.69, 9.17) is 0 Å². The first-order chi connectivity index (χ1) is 11.0. The Bertz CT molecular complexity index is 695. The molecule has 3 rings (SSSR count). The summed E-state index contributed by atoms with van der Waals surface area (Å²) in [6.07, 6.45) is 2.02. The minimum atomic E-state index is -0.950. The molecule has 0 saturated heterocycles. The van der Waals surface area contributed by atoms with Crippen LogP contribution in [0.3, 0.4) is 0 Å². The van der Waals surface area contributed by atoms with Crippen LogP contribution in [0.4, 0.5) is 10.5 Å². The highest BCUT2D eigenvalue weighted by Gasteiger charge is 2.45. The third-order valence-corrected chi connectivity index (χ3v) is 5.52. The van der Waals surface area contributed by atoms with Crippen molar-refractivity contribution in [1.82, 2.24) is 5.32 Å². The Morgan fingerprint density at radius 2 is 2.09 bits per heavy atom. The van der Waals surface area contributed by atoms with Crippen LogP contribution in [-0.2, 0) is 5.60 Å². The van der Waals surface area contributed by atoms with E-state index in [2.05, 4.69) is 10.6 Å². The molecule has 1 saturated carbocycles. The number of hydrogen-bond acceptors (Lipinski definition) is 3. The lowest BCUT2D eigenvalue weighted by atomic mass is 9.96. The highest BCUT2D eigenvalue weighted by Crippen LogP contribution is 2.46. The first-order valence-corrected chi connectivity index (χ1v) is 8.75. The summed E-state index contributed by atoms with van der Waals surface area (Å²) in [5.41, 5.74) is 2.14. The average Bonchev–Trinajstić information content (AvgIpc) is 3.24. The van der Waals surface area contributed by atoms with Crippen LogP contribution in [0.15, 0.2) is 35.7 Å². The summed E-state index contributed by atoms with van der Waals surface area (Å²) < 4.78 is 0. The van der Waals surface area contributed by atoms with Gasteiger partial charge < -0.3 is 15.7 Å². The van der Waals surface area contributed by atoms with Gasteiger partial charge in [0.05, 0.1) is 6.54 Å². The van der Waals surface area contributed by atoms with E-state index in [9.17, 15) is 9.90 Å². The minimum absolute atomic E-state index is 0.231. The van der Waals surface area contributed by atoms with Crippen molar-refractivity contribution in [2.75, 3.05) is 11.9 Å². The van der Waals surface area contributed by atoms with Gasteiger partial charge in [-0.25, -0.2) is 4.79 Å². The Morgan fingerprint density at radius 3 is 2.70 bits per heavy atom. The maximum absolute atomic E-state index is 12.1. The SMILES string of the molecule is Cc1ccc(NC(=O)NCC(O)(c2cccs2)C2CC2)cc1C. The second-order valence-electron chi connectivity index (χ2n) is 6.28. The number of rotatable bonds is 5. The number of benzene rings is 1. The lowest BCUT2D eigenvalue weighted by Gasteiger charge is -2.27. The summed E-state index contributed by atoms with van der Waals surface area (Å²) in [6, 6.07) is 9.39. The maximum atomic E-state index is 12.1. The summed E-state index contributed by atoms with van der Waals surface area (Å²) in [4.78, 5) is 13.1. The van der Waals surface area contributed by atoms with Gasteiger partial charge in [0.2, 0.25) is 0 Å². The minimum Gasteiger partial charge on any atom is -0.382 e. The van der Waals surface area contributed by atoms with Crippen molar-refractivity contribution in [1.29, 1.82) is 0 Å². The number of thiophene rings is 1. The zero-order chi connectivity index (χ0) is 16.4. The summed E-state index contributed by atoms with van der Waals surface area (Å²) in [5.74, 6) is 0.239. The van der Waals surface area contributed by atoms with Gasteiger partial charge in [0, 0.05) is 10.6 Å². The molecule has 1 atom stereocenters. The number of carbonyl (C=O) groups is 1. The first-order valence-electron chi connectivity index (χ1n) is 7.87. The van der Waals surface area contributed by atoms with Crippen molar-refractivity contribution >= 4 is 23.1 Å². The molecular weight excluding hydrogens is 308 g/mol. The first kappa shape index (κ1) is 16.0. The molecule has 0 radical (unpaired) electrons. The Balaban J connectivity index is 1.62. The molecule has 5 heteroatoms. The van der Waals surface area contributed by atoms with Crippen LogP contribution >= 0.6 is 11.3 Å². The number of anilines is 1. The lowest BCUT2D eigenvalue weighted by Crippen LogP contribution is -2.43. The molecule has 1 aliphatic carbocycles. The third kappa shape index (κ3) is 3.57. The van der Waals surface area contributed by atoms with Crippen LogP contribution in [0.25, 0.3) is 0 Å². The molecule has 4 nitrogen and oxygen atoms in total. The van der Waals surface area contributed by atoms with Gasteiger partial charge in [0.25, 0.3) is 0 Å². The third-order valence-electron chi connectivity index (χ3n) is 4.48. The second kappa shape index (κ2) is 6.34.